The van der Waals surface area contributed by atoms with Gasteiger partial charge in [-0.25, -0.2) is 15.0 Å². The Morgan fingerprint density at radius 2 is 1.80 bits per heavy atom. The van der Waals surface area contributed by atoms with Gasteiger partial charge in [0, 0.05) is 49.8 Å². The van der Waals surface area contributed by atoms with Gasteiger partial charge in [0.1, 0.15) is 5.82 Å². The molecule has 4 heterocycles. The number of allylic oxidation sites excluding steroid dienone is 1. The predicted octanol–water partition coefficient (Wildman–Crippen LogP) is 3.27. The first-order chi connectivity index (χ1) is 17.2. The molecule has 180 valence electrons. The van der Waals surface area contributed by atoms with Crippen molar-refractivity contribution in [2.24, 2.45) is 5.73 Å². The molecule has 8 heteroatoms. The van der Waals surface area contributed by atoms with Gasteiger partial charge >= 0.3 is 0 Å². The van der Waals surface area contributed by atoms with E-state index in [1.165, 1.54) is 22.4 Å². The molecule has 0 aliphatic carbocycles. The Balaban J connectivity index is 1.42. The topological polar surface area (TPSA) is 106 Å². The van der Waals surface area contributed by atoms with Gasteiger partial charge < -0.3 is 26.0 Å². The number of pyridine rings is 1. The minimum Gasteiger partial charge on any atom is -0.405 e. The van der Waals surface area contributed by atoms with E-state index in [0.717, 1.165) is 56.1 Å². The first-order valence-corrected chi connectivity index (χ1v) is 12.0. The van der Waals surface area contributed by atoms with Crippen LogP contribution in [0.15, 0.2) is 67.1 Å². The quantitative estimate of drug-likeness (QED) is 0.567. The fourth-order valence-corrected chi connectivity index (χ4v) is 4.52. The smallest absolute Gasteiger partial charge is 0.219 e. The molecule has 2 aliphatic heterocycles. The van der Waals surface area contributed by atoms with E-state index in [4.69, 9.17) is 21.2 Å². The van der Waals surface area contributed by atoms with Crippen molar-refractivity contribution in [2.45, 2.75) is 12.8 Å². The third-order valence-corrected chi connectivity index (χ3v) is 6.46. The molecule has 4 N–H and O–H groups in total. The maximum Gasteiger partial charge on any atom is 0.219 e. The summed E-state index contributed by atoms with van der Waals surface area (Å²) in [5, 5.41) is 0. The zero-order valence-electron chi connectivity index (χ0n) is 19.8. The molecular weight excluding hydrogens is 438 g/mol. The number of nitrogens with zero attached hydrogens (tertiary/aromatic N) is 5. The van der Waals surface area contributed by atoms with Crippen molar-refractivity contribution >= 4 is 23.0 Å². The SMILES string of the molecule is NC=CCc1cccc(N2CC=C(c3cc(-c4cnc(N)nc4)nc(N4CCOCC4)c3)CC2)c1. The normalized spacial score (nSPS) is 16.5. The van der Waals surface area contributed by atoms with E-state index >= 15 is 0 Å². The van der Waals surface area contributed by atoms with Gasteiger partial charge in [-0.1, -0.05) is 24.3 Å². The van der Waals surface area contributed by atoms with Crippen LogP contribution in [0.5, 0.6) is 0 Å². The Hall–Kier alpha value is -3.91. The summed E-state index contributed by atoms with van der Waals surface area (Å²) in [4.78, 5) is 18.0. The van der Waals surface area contributed by atoms with Crippen molar-refractivity contribution in [3.05, 3.63) is 78.3 Å². The van der Waals surface area contributed by atoms with Crippen LogP contribution in [0.25, 0.3) is 16.8 Å². The van der Waals surface area contributed by atoms with Crippen LogP contribution in [-0.4, -0.2) is 54.3 Å². The number of benzene rings is 1. The summed E-state index contributed by atoms with van der Waals surface area (Å²) < 4.78 is 5.55. The molecular formula is C27H31N7O. The summed E-state index contributed by atoms with van der Waals surface area (Å²) in [5.74, 6) is 1.22. The van der Waals surface area contributed by atoms with Gasteiger partial charge in [0.2, 0.25) is 5.95 Å². The lowest BCUT2D eigenvalue weighted by Gasteiger charge is -2.30. The van der Waals surface area contributed by atoms with E-state index in [9.17, 15) is 0 Å². The highest BCUT2D eigenvalue weighted by Crippen LogP contribution is 2.31. The lowest BCUT2D eigenvalue weighted by molar-refractivity contribution is 0.122. The van der Waals surface area contributed by atoms with E-state index in [-0.39, 0.29) is 5.95 Å². The molecule has 5 rings (SSSR count). The van der Waals surface area contributed by atoms with Crippen molar-refractivity contribution in [2.75, 3.05) is 54.9 Å². The molecule has 0 saturated carbocycles. The summed E-state index contributed by atoms with van der Waals surface area (Å²) in [6, 6.07) is 13.0. The van der Waals surface area contributed by atoms with Crippen LogP contribution in [0.3, 0.4) is 0 Å². The summed E-state index contributed by atoms with van der Waals surface area (Å²) in [6.45, 7) is 4.90. The molecule has 2 aliphatic rings. The highest BCUT2D eigenvalue weighted by molar-refractivity contribution is 5.75. The average Bonchev–Trinajstić information content (AvgIpc) is 2.93. The number of nitrogens with two attached hydrogens (primary N) is 2. The van der Waals surface area contributed by atoms with E-state index in [1.54, 1.807) is 18.6 Å². The van der Waals surface area contributed by atoms with E-state index in [0.29, 0.717) is 13.2 Å². The molecule has 2 aromatic heterocycles. The van der Waals surface area contributed by atoms with Crippen LogP contribution < -0.4 is 21.3 Å². The Morgan fingerprint density at radius 3 is 2.54 bits per heavy atom. The predicted molar refractivity (Wildman–Crippen MR) is 141 cm³/mol. The molecule has 0 unspecified atom stereocenters. The number of aromatic nitrogens is 3. The number of hydrogen-bond donors (Lipinski definition) is 2. The van der Waals surface area contributed by atoms with Crippen LogP contribution in [-0.2, 0) is 11.2 Å². The molecule has 35 heavy (non-hydrogen) atoms. The molecule has 0 spiro atoms. The van der Waals surface area contributed by atoms with Crippen LogP contribution in [0.4, 0.5) is 17.5 Å². The standard InChI is InChI=1S/C27H31N7O/c28-8-2-4-20-3-1-5-24(15-20)33-9-6-21(7-10-33)22-16-25(23-18-30-27(29)31-19-23)32-26(17-22)34-11-13-35-14-12-34/h1-3,5-6,8,15-19H,4,7,9-14,28H2,(H2,29,30,31). The maximum atomic E-state index is 5.71. The first-order valence-electron chi connectivity index (χ1n) is 12.0. The Bertz CT molecular complexity index is 1220. The van der Waals surface area contributed by atoms with Gasteiger partial charge in [-0.2, -0.15) is 0 Å². The summed E-state index contributed by atoms with van der Waals surface area (Å²) in [7, 11) is 0. The number of anilines is 3. The van der Waals surface area contributed by atoms with Gasteiger partial charge in [0.05, 0.1) is 18.9 Å². The molecule has 0 bridgehead atoms. The highest BCUT2D eigenvalue weighted by atomic mass is 16.5. The maximum absolute atomic E-state index is 5.71. The average molecular weight is 470 g/mol. The third-order valence-electron chi connectivity index (χ3n) is 6.46. The second-order valence-corrected chi connectivity index (χ2v) is 8.76. The molecule has 1 saturated heterocycles. The Kier molecular flexibility index (Phi) is 6.90. The molecule has 1 fully saturated rings. The second-order valence-electron chi connectivity index (χ2n) is 8.76. The lowest BCUT2D eigenvalue weighted by atomic mass is 9.97. The third kappa shape index (κ3) is 5.44. The van der Waals surface area contributed by atoms with Crippen molar-refractivity contribution in [3.63, 3.8) is 0 Å². The van der Waals surface area contributed by atoms with Crippen molar-refractivity contribution < 1.29 is 4.74 Å². The van der Waals surface area contributed by atoms with Crippen molar-refractivity contribution in [1.29, 1.82) is 0 Å². The number of morpholine rings is 1. The number of rotatable bonds is 6. The van der Waals surface area contributed by atoms with Gasteiger partial charge in [-0.15, -0.1) is 0 Å². The van der Waals surface area contributed by atoms with Gasteiger partial charge in [0.15, 0.2) is 0 Å². The summed E-state index contributed by atoms with van der Waals surface area (Å²) >= 11 is 0. The van der Waals surface area contributed by atoms with E-state index in [2.05, 4.69) is 62.2 Å². The van der Waals surface area contributed by atoms with Crippen LogP contribution >= 0.6 is 0 Å². The monoisotopic (exact) mass is 469 g/mol. The van der Waals surface area contributed by atoms with Crippen LogP contribution in [0, 0.1) is 0 Å². The zero-order chi connectivity index (χ0) is 24.0. The number of nitrogen functional groups attached to an aromatic ring is 1. The molecule has 8 nitrogen and oxygen atoms in total. The van der Waals surface area contributed by atoms with Crippen LogP contribution in [0.2, 0.25) is 0 Å². The molecule has 0 atom stereocenters. The van der Waals surface area contributed by atoms with Gasteiger partial charge in [-0.05, 0) is 60.0 Å². The van der Waals surface area contributed by atoms with Crippen LogP contribution in [0.1, 0.15) is 17.5 Å². The van der Waals surface area contributed by atoms with Crippen molar-refractivity contribution in [1.82, 2.24) is 15.0 Å². The first kappa shape index (κ1) is 22.9. The molecule has 0 radical (unpaired) electrons. The highest BCUT2D eigenvalue weighted by Gasteiger charge is 2.19. The fraction of sp³-hybridized carbons (Fsp3) is 0.296. The lowest BCUT2D eigenvalue weighted by Crippen LogP contribution is -2.36. The summed E-state index contributed by atoms with van der Waals surface area (Å²) in [6.07, 6.45) is 11.2. The molecule has 1 aromatic carbocycles. The zero-order valence-corrected chi connectivity index (χ0v) is 19.8. The largest absolute Gasteiger partial charge is 0.405 e. The minimum absolute atomic E-state index is 0.261. The summed E-state index contributed by atoms with van der Waals surface area (Å²) in [5.41, 5.74) is 18.0. The van der Waals surface area contributed by atoms with Gasteiger partial charge in [-0.3, -0.25) is 0 Å². The van der Waals surface area contributed by atoms with Crippen molar-refractivity contribution in [3.8, 4) is 11.3 Å². The molecule has 3 aromatic rings. The Morgan fingerprint density at radius 1 is 0.971 bits per heavy atom. The molecule has 0 amide bonds. The Labute approximate surface area is 206 Å². The number of hydrogen-bond acceptors (Lipinski definition) is 8. The minimum atomic E-state index is 0.261. The van der Waals surface area contributed by atoms with E-state index < -0.39 is 0 Å². The fourth-order valence-electron chi connectivity index (χ4n) is 4.52. The second kappa shape index (κ2) is 10.6. The van der Waals surface area contributed by atoms with Gasteiger partial charge in [0.25, 0.3) is 0 Å². The van der Waals surface area contributed by atoms with E-state index in [1.807, 2.05) is 6.08 Å². The number of ether oxygens (including phenoxy) is 1.